The van der Waals surface area contributed by atoms with Crippen molar-refractivity contribution < 1.29 is 141 Å². The van der Waals surface area contributed by atoms with Gasteiger partial charge in [0.2, 0.25) is 0 Å². The first-order chi connectivity index (χ1) is 0. The molecule has 0 bridgehead atoms. The van der Waals surface area contributed by atoms with Crippen molar-refractivity contribution in [2.24, 2.45) is 0 Å². The van der Waals surface area contributed by atoms with E-state index in [2.05, 4.69) is 0 Å². The zero-order valence-electron chi connectivity index (χ0n) is 4.63. The minimum atomic E-state index is 0. The van der Waals surface area contributed by atoms with Crippen LogP contribution in [-0.2, 0) is 20.1 Å². The van der Waals surface area contributed by atoms with Crippen molar-refractivity contribution in [1.82, 2.24) is 0 Å². The van der Waals surface area contributed by atoms with E-state index in [0.29, 0.717) is 0 Å². The molecule has 0 unspecified atom stereocenters. The molecule has 0 radical (unpaired) electrons. The van der Waals surface area contributed by atoms with Gasteiger partial charge in [0.25, 0.3) is 0 Å². The number of rotatable bonds is 0. The third kappa shape index (κ3) is 69.4. The molecule has 0 aromatic carbocycles. The zero-order valence-corrected chi connectivity index (χ0v) is 15.6. The third-order valence-corrected chi connectivity index (χ3v) is 0. The van der Waals surface area contributed by atoms with Crippen LogP contribution in [0.4, 0.5) is 0 Å². The number of hydrogen-bond donors (Lipinski definition) is 0. The van der Waals surface area contributed by atoms with Gasteiger partial charge in [-0.1, -0.05) is 0 Å². The number of halogens is 6. The van der Waals surface area contributed by atoms with Crippen molar-refractivity contribution in [3.05, 3.63) is 0 Å². The number of hydrogen-bond acceptors (Lipinski definition) is 0. The molecule has 0 rings (SSSR count). The molecule has 0 saturated heterocycles. The zero-order chi connectivity index (χ0) is 0. The van der Waals surface area contributed by atoms with Gasteiger partial charge in [-0.3, -0.25) is 0 Å². The van der Waals surface area contributed by atoms with E-state index in [0.717, 1.165) is 0 Å². The fourth-order valence-electron chi connectivity index (χ4n) is 0. The Morgan fingerprint density at radius 1 is 0.444 bits per heavy atom. The van der Waals surface area contributed by atoms with Crippen molar-refractivity contribution >= 4 is 12.4 Å². The van der Waals surface area contributed by atoms with Crippen LogP contribution >= 0.6 is 12.4 Å². The Bertz CT molecular complexity index is 11.0. The van der Waals surface area contributed by atoms with Crippen LogP contribution in [0, 0.1) is 0 Å². The van der Waals surface area contributed by atoms with Gasteiger partial charge in [-0.15, -0.1) is 12.4 Å². The summed E-state index contributed by atoms with van der Waals surface area (Å²) < 4.78 is 0. The van der Waals surface area contributed by atoms with Crippen LogP contribution in [0.5, 0.6) is 0 Å². The second-order valence-electron chi connectivity index (χ2n) is 0. The first kappa shape index (κ1) is 107. The molecule has 0 aromatic rings. The predicted molar refractivity (Wildman–Crippen MR) is 7.25 cm³/mol. The molecule has 0 spiro atoms. The monoisotopic (exact) mass is 450 g/mol. The summed E-state index contributed by atoms with van der Waals surface area (Å²) >= 11 is 0. The second-order valence-corrected chi connectivity index (χ2v) is 0. The summed E-state index contributed by atoms with van der Waals surface area (Å²) in [6, 6.07) is 0. The molecular formula is HCl6IrNa2. The molecule has 0 nitrogen and oxygen atoms in total. The summed E-state index contributed by atoms with van der Waals surface area (Å²) in [6.07, 6.45) is 0. The normalized spacial score (nSPS) is 0. The maximum absolute atomic E-state index is 0. The van der Waals surface area contributed by atoms with Crippen molar-refractivity contribution in [3.63, 3.8) is 0 Å². The molecule has 0 amide bonds. The largest absolute Gasteiger partial charge is 3.00 e. The van der Waals surface area contributed by atoms with Gasteiger partial charge in [0.05, 0.1) is 0 Å². The topological polar surface area (TPSA) is 0 Å². The van der Waals surface area contributed by atoms with Gasteiger partial charge >= 0.3 is 79.2 Å². The second kappa shape index (κ2) is 83.4. The molecule has 0 N–H and O–H groups in total. The molecule has 0 aliphatic heterocycles. The van der Waals surface area contributed by atoms with Gasteiger partial charge in [-0.2, -0.15) is 0 Å². The minimum Gasteiger partial charge on any atom is -1.00 e. The Balaban J connectivity index is 0. The fraction of sp³-hybridized carbons (Fsp3) is 0. The van der Waals surface area contributed by atoms with Crippen molar-refractivity contribution in [2.45, 2.75) is 0 Å². The summed E-state index contributed by atoms with van der Waals surface area (Å²) in [5.41, 5.74) is 0. The molecule has 0 heterocycles. The van der Waals surface area contributed by atoms with Crippen molar-refractivity contribution in [3.8, 4) is 0 Å². The van der Waals surface area contributed by atoms with E-state index in [1.807, 2.05) is 0 Å². The molecular weight excluding hydrogens is 451 g/mol. The van der Waals surface area contributed by atoms with Crippen LogP contribution in [0.2, 0.25) is 0 Å². The molecule has 0 atom stereocenters. The Kier molecular flexibility index (Phi) is 989. The molecule has 54 valence electrons. The van der Waals surface area contributed by atoms with Gasteiger partial charge in [0.15, 0.2) is 0 Å². The Labute approximate surface area is 151 Å². The van der Waals surface area contributed by atoms with E-state index in [1.165, 1.54) is 0 Å². The average molecular weight is 452 g/mol. The first-order valence-electron chi connectivity index (χ1n) is 0. The van der Waals surface area contributed by atoms with E-state index >= 15 is 0 Å². The van der Waals surface area contributed by atoms with E-state index in [4.69, 9.17) is 0 Å². The van der Waals surface area contributed by atoms with Crippen LogP contribution in [0.25, 0.3) is 0 Å². The molecule has 0 fully saturated rings. The quantitative estimate of drug-likeness (QED) is 0.321. The van der Waals surface area contributed by atoms with Gasteiger partial charge in [0, 0.05) is 0 Å². The van der Waals surface area contributed by atoms with Crippen molar-refractivity contribution in [1.29, 1.82) is 0 Å². The Morgan fingerprint density at radius 2 is 0.444 bits per heavy atom. The molecule has 0 aromatic heterocycles. The van der Waals surface area contributed by atoms with Gasteiger partial charge < -0.3 is 62.0 Å². The summed E-state index contributed by atoms with van der Waals surface area (Å²) in [5, 5.41) is 0. The van der Waals surface area contributed by atoms with E-state index < -0.39 is 0 Å². The van der Waals surface area contributed by atoms with Crippen LogP contribution in [-0.4, -0.2) is 0 Å². The molecule has 0 aliphatic carbocycles. The Hall–Kier alpha value is 4.39. The van der Waals surface area contributed by atoms with Crippen LogP contribution < -0.4 is 121 Å². The molecule has 0 saturated carbocycles. The summed E-state index contributed by atoms with van der Waals surface area (Å²) in [6.45, 7) is 0. The van der Waals surface area contributed by atoms with E-state index in [9.17, 15) is 0 Å². The van der Waals surface area contributed by atoms with Gasteiger partial charge in [-0.05, 0) is 0 Å². The summed E-state index contributed by atoms with van der Waals surface area (Å²) in [4.78, 5) is 0. The molecule has 9 heavy (non-hydrogen) atoms. The third-order valence-electron chi connectivity index (χ3n) is 0. The first-order valence-corrected chi connectivity index (χ1v) is 0. The van der Waals surface area contributed by atoms with E-state index in [1.54, 1.807) is 0 Å². The average Bonchev–Trinajstić information content (AvgIpc) is 0. The van der Waals surface area contributed by atoms with E-state index in [-0.39, 0.29) is 154 Å². The standard InChI is InChI=1S/6ClH.Ir.2Na/h6*1H;;;/q;;;;;;+3;2*+1/p-5. The molecule has 9 heteroatoms. The van der Waals surface area contributed by atoms with Crippen LogP contribution in [0.15, 0.2) is 0 Å². The maximum Gasteiger partial charge on any atom is 3.00 e. The van der Waals surface area contributed by atoms with Gasteiger partial charge in [0.1, 0.15) is 0 Å². The summed E-state index contributed by atoms with van der Waals surface area (Å²) in [7, 11) is 0. The van der Waals surface area contributed by atoms with Crippen LogP contribution in [0.1, 0.15) is 0 Å². The maximum atomic E-state index is 0. The van der Waals surface area contributed by atoms with Gasteiger partial charge in [-0.25, -0.2) is 0 Å². The smallest absolute Gasteiger partial charge is 1.00 e. The predicted octanol–water partition coefficient (Wildman–Crippen LogP) is -20.6. The minimum absolute atomic E-state index is 0. The Morgan fingerprint density at radius 3 is 0.444 bits per heavy atom. The summed E-state index contributed by atoms with van der Waals surface area (Å²) in [5.74, 6) is 0. The van der Waals surface area contributed by atoms with Crippen LogP contribution in [0.3, 0.4) is 0 Å². The SMILES string of the molecule is Cl.[Cl-].[Cl-].[Cl-].[Cl-].[Cl-].[Ir+3].[Na+].[Na+]. The van der Waals surface area contributed by atoms with Crippen molar-refractivity contribution in [2.75, 3.05) is 0 Å². The fourth-order valence-corrected chi connectivity index (χ4v) is 0. The molecule has 0 aliphatic rings.